The third-order valence-electron chi connectivity index (χ3n) is 3.56. The van der Waals surface area contributed by atoms with Gasteiger partial charge in [-0.05, 0) is 24.7 Å². The van der Waals surface area contributed by atoms with Crippen molar-refractivity contribution in [1.82, 2.24) is 0 Å². The van der Waals surface area contributed by atoms with Gasteiger partial charge < -0.3 is 10.8 Å². The molecule has 0 radical (unpaired) electrons. The molecule has 0 amide bonds. The SMILES string of the molecule is CC1CCC(CN)(C(O)C(C)C)C1. The minimum atomic E-state index is -0.220. The second-order valence-electron chi connectivity index (χ2n) is 5.10. The molecule has 3 unspecified atom stereocenters. The molecule has 0 heterocycles. The molecule has 1 aliphatic carbocycles. The lowest BCUT2D eigenvalue weighted by molar-refractivity contribution is -0.00229. The molecule has 1 saturated carbocycles. The molecule has 0 aromatic rings. The van der Waals surface area contributed by atoms with Gasteiger partial charge in [0.25, 0.3) is 0 Å². The smallest absolute Gasteiger partial charge is 0.0631 e. The molecule has 0 aliphatic heterocycles. The van der Waals surface area contributed by atoms with E-state index >= 15 is 0 Å². The van der Waals surface area contributed by atoms with E-state index in [1.807, 2.05) is 0 Å². The van der Waals surface area contributed by atoms with Crippen molar-refractivity contribution in [2.24, 2.45) is 23.0 Å². The Labute approximate surface area is 81.5 Å². The number of aliphatic hydroxyl groups excluding tert-OH is 1. The van der Waals surface area contributed by atoms with Gasteiger partial charge >= 0.3 is 0 Å². The van der Waals surface area contributed by atoms with Crippen molar-refractivity contribution in [3.63, 3.8) is 0 Å². The van der Waals surface area contributed by atoms with Crippen molar-refractivity contribution in [1.29, 1.82) is 0 Å². The number of hydrogen-bond donors (Lipinski definition) is 2. The van der Waals surface area contributed by atoms with Crippen LogP contribution in [0, 0.1) is 17.3 Å². The molecule has 1 aliphatic rings. The van der Waals surface area contributed by atoms with Crippen LogP contribution in [0.4, 0.5) is 0 Å². The van der Waals surface area contributed by atoms with Gasteiger partial charge in [0.15, 0.2) is 0 Å². The highest BCUT2D eigenvalue weighted by Crippen LogP contribution is 2.45. The number of rotatable bonds is 3. The van der Waals surface area contributed by atoms with Gasteiger partial charge in [0, 0.05) is 12.0 Å². The Balaban J connectivity index is 2.70. The summed E-state index contributed by atoms with van der Waals surface area (Å²) in [5.41, 5.74) is 5.83. The molecule has 2 nitrogen and oxygen atoms in total. The standard InChI is InChI=1S/C11H23NO/c1-8(2)10(13)11(7-12)5-4-9(3)6-11/h8-10,13H,4-7,12H2,1-3H3. The average Bonchev–Trinajstić information content (AvgIpc) is 2.47. The molecule has 78 valence electrons. The van der Waals surface area contributed by atoms with E-state index in [0.29, 0.717) is 12.5 Å². The summed E-state index contributed by atoms with van der Waals surface area (Å²) >= 11 is 0. The third-order valence-corrected chi connectivity index (χ3v) is 3.56. The first-order valence-electron chi connectivity index (χ1n) is 5.40. The van der Waals surface area contributed by atoms with E-state index in [1.54, 1.807) is 0 Å². The van der Waals surface area contributed by atoms with E-state index in [9.17, 15) is 5.11 Å². The molecule has 3 atom stereocenters. The minimum absolute atomic E-state index is 0.0214. The first kappa shape index (κ1) is 11.0. The van der Waals surface area contributed by atoms with Crippen LogP contribution < -0.4 is 5.73 Å². The normalized spacial score (nSPS) is 36.9. The predicted molar refractivity (Wildman–Crippen MR) is 55.3 cm³/mol. The van der Waals surface area contributed by atoms with Gasteiger partial charge in [-0.3, -0.25) is 0 Å². The maximum absolute atomic E-state index is 10.1. The Morgan fingerprint density at radius 1 is 1.54 bits per heavy atom. The van der Waals surface area contributed by atoms with Crippen molar-refractivity contribution < 1.29 is 5.11 Å². The molecule has 0 saturated heterocycles. The second-order valence-corrected chi connectivity index (χ2v) is 5.10. The van der Waals surface area contributed by atoms with Gasteiger partial charge in [0.1, 0.15) is 0 Å². The molecule has 3 N–H and O–H groups in total. The maximum atomic E-state index is 10.1. The highest BCUT2D eigenvalue weighted by Gasteiger charge is 2.43. The van der Waals surface area contributed by atoms with E-state index in [0.717, 1.165) is 18.8 Å². The molecular formula is C11H23NO. The van der Waals surface area contributed by atoms with Gasteiger partial charge in [-0.1, -0.05) is 27.2 Å². The Morgan fingerprint density at radius 2 is 2.15 bits per heavy atom. The number of nitrogens with two attached hydrogens (primary N) is 1. The van der Waals surface area contributed by atoms with Crippen LogP contribution >= 0.6 is 0 Å². The van der Waals surface area contributed by atoms with Crippen LogP contribution in [0.1, 0.15) is 40.0 Å². The lowest BCUT2D eigenvalue weighted by atomic mass is 9.75. The summed E-state index contributed by atoms with van der Waals surface area (Å²) in [6.07, 6.45) is 3.20. The summed E-state index contributed by atoms with van der Waals surface area (Å²) < 4.78 is 0. The van der Waals surface area contributed by atoms with Crippen molar-refractivity contribution in [3.8, 4) is 0 Å². The summed E-state index contributed by atoms with van der Waals surface area (Å²) in [5.74, 6) is 1.06. The Morgan fingerprint density at radius 3 is 2.46 bits per heavy atom. The monoisotopic (exact) mass is 185 g/mol. The fourth-order valence-electron chi connectivity index (χ4n) is 2.71. The van der Waals surface area contributed by atoms with E-state index in [-0.39, 0.29) is 11.5 Å². The molecule has 0 aromatic heterocycles. The lowest BCUT2D eigenvalue weighted by Crippen LogP contribution is -2.42. The van der Waals surface area contributed by atoms with Gasteiger partial charge in [0.2, 0.25) is 0 Å². The zero-order valence-electron chi connectivity index (χ0n) is 9.09. The summed E-state index contributed by atoms with van der Waals surface area (Å²) in [6, 6.07) is 0. The molecule has 1 rings (SSSR count). The van der Waals surface area contributed by atoms with Crippen LogP contribution in [0.15, 0.2) is 0 Å². The molecule has 0 bridgehead atoms. The molecular weight excluding hydrogens is 162 g/mol. The van der Waals surface area contributed by atoms with Crippen molar-refractivity contribution in [2.75, 3.05) is 6.54 Å². The largest absolute Gasteiger partial charge is 0.392 e. The van der Waals surface area contributed by atoms with Gasteiger partial charge in [0.05, 0.1) is 6.10 Å². The fourth-order valence-corrected chi connectivity index (χ4v) is 2.71. The van der Waals surface area contributed by atoms with Crippen molar-refractivity contribution in [3.05, 3.63) is 0 Å². The molecule has 13 heavy (non-hydrogen) atoms. The van der Waals surface area contributed by atoms with Crippen LogP contribution in [0.3, 0.4) is 0 Å². The van der Waals surface area contributed by atoms with E-state index in [1.165, 1.54) is 6.42 Å². The van der Waals surface area contributed by atoms with Crippen LogP contribution in [-0.2, 0) is 0 Å². The summed E-state index contributed by atoms with van der Waals surface area (Å²) in [6.45, 7) is 7.04. The van der Waals surface area contributed by atoms with Crippen molar-refractivity contribution in [2.45, 2.75) is 46.1 Å². The fraction of sp³-hybridized carbons (Fsp3) is 1.00. The van der Waals surface area contributed by atoms with Crippen LogP contribution in [0.2, 0.25) is 0 Å². The molecule has 2 heteroatoms. The van der Waals surface area contributed by atoms with E-state index in [2.05, 4.69) is 20.8 Å². The maximum Gasteiger partial charge on any atom is 0.0631 e. The summed E-state index contributed by atoms with van der Waals surface area (Å²) in [4.78, 5) is 0. The number of hydrogen-bond acceptors (Lipinski definition) is 2. The topological polar surface area (TPSA) is 46.2 Å². The second kappa shape index (κ2) is 3.97. The third kappa shape index (κ3) is 2.05. The minimum Gasteiger partial charge on any atom is -0.392 e. The first-order chi connectivity index (χ1) is 6.02. The zero-order chi connectivity index (χ0) is 10.1. The lowest BCUT2D eigenvalue weighted by Gasteiger charge is -2.35. The first-order valence-corrected chi connectivity index (χ1v) is 5.40. The molecule has 0 spiro atoms. The Bertz CT molecular complexity index is 169. The quantitative estimate of drug-likeness (QED) is 0.704. The van der Waals surface area contributed by atoms with Crippen LogP contribution in [-0.4, -0.2) is 17.8 Å². The Hall–Kier alpha value is -0.0800. The molecule has 0 aromatic carbocycles. The summed E-state index contributed by atoms with van der Waals surface area (Å²) in [7, 11) is 0. The zero-order valence-corrected chi connectivity index (χ0v) is 9.09. The molecule has 1 fully saturated rings. The van der Waals surface area contributed by atoms with E-state index < -0.39 is 0 Å². The average molecular weight is 185 g/mol. The highest BCUT2D eigenvalue weighted by molar-refractivity contribution is 4.94. The van der Waals surface area contributed by atoms with Gasteiger partial charge in [-0.2, -0.15) is 0 Å². The van der Waals surface area contributed by atoms with Crippen LogP contribution in [0.5, 0.6) is 0 Å². The summed E-state index contributed by atoms with van der Waals surface area (Å²) in [5, 5.41) is 10.1. The Kier molecular flexibility index (Phi) is 3.36. The van der Waals surface area contributed by atoms with Crippen LogP contribution in [0.25, 0.3) is 0 Å². The highest BCUT2D eigenvalue weighted by atomic mass is 16.3. The van der Waals surface area contributed by atoms with Gasteiger partial charge in [-0.25, -0.2) is 0 Å². The number of aliphatic hydroxyl groups is 1. The van der Waals surface area contributed by atoms with Gasteiger partial charge in [-0.15, -0.1) is 0 Å². The van der Waals surface area contributed by atoms with Crippen molar-refractivity contribution >= 4 is 0 Å². The van der Waals surface area contributed by atoms with E-state index in [4.69, 9.17) is 5.73 Å². The predicted octanol–water partition coefficient (Wildman–Crippen LogP) is 1.77.